The quantitative estimate of drug-likeness (QED) is 0.258. The lowest BCUT2D eigenvalue weighted by molar-refractivity contribution is -0.116. The highest BCUT2D eigenvalue weighted by Gasteiger charge is 2.34. The number of anilines is 1. The Morgan fingerprint density at radius 2 is 1.65 bits per heavy atom. The fourth-order valence-corrected chi connectivity index (χ4v) is 7.64. The minimum absolute atomic E-state index is 0. The highest BCUT2D eigenvalue weighted by molar-refractivity contribution is 7.23. The van der Waals surface area contributed by atoms with Gasteiger partial charge in [0.05, 0.1) is 16.1 Å². The Hall–Kier alpha value is -3.23. The SMILES string of the molecule is CN1CCc2c(sc(NC(=O)C3c4ccccc4Oc4ccccc43)c2-c2nc3ccccc3s2)C1.Cl. The number of thiophene rings is 1. The van der Waals surface area contributed by atoms with E-state index < -0.39 is 5.92 Å². The van der Waals surface area contributed by atoms with Crippen LogP contribution in [0.1, 0.15) is 27.5 Å². The molecule has 5 aromatic rings. The Morgan fingerprint density at radius 3 is 2.38 bits per heavy atom. The number of fused-ring (bicyclic) bond motifs is 4. The van der Waals surface area contributed by atoms with E-state index in [9.17, 15) is 4.79 Å². The summed E-state index contributed by atoms with van der Waals surface area (Å²) in [5.74, 6) is 0.966. The zero-order valence-corrected chi connectivity index (χ0v) is 22.5. The van der Waals surface area contributed by atoms with E-state index in [1.54, 1.807) is 22.7 Å². The Bertz CT molecular complexity index is 1560. The summed E-state index contributed by atoms with van der Waals surface area (Å²) in [5.41, 5.74) is 5.18. The average molecular weight is 546 g/mol. The van der Waals surface area contributed by atoms with E-state index in [1.165, 1.54) is 10.4 Å². The Kier molecular flexibility index (Phi) is 6.24. The maximum atomic E-state index is 14.0. The number of nitrogens with zero attached hydrogens (tertiary/aromatic N) is 2. The molecule has 0 saturated heterocycles. The smallest absolute Gasteiger partial charge is 0.237 e. The molecule has 0 aliphatic carbocycles. The number of carbonyl (C=O) groups excluding carboxylic acids is 1. The number of thiazole rings is 1. The lowest BCUT2D eigenvalue weighted by Crippen LogP contribution is -2.25. The third kappa shape index (κ3) is 4.12. The molecule has 2 aromatic heterocycles. The summed E-state index contributed by atoms with van der Waals surface area (Å²) in [4.78, 5) is 22.7. The van der Waals surface area contributed by atoms with Gasteiger partial charge in [0.1, 0.15) is 21.5 Å². The molecule has 186 valence electrons. The van der Waals surface area contributed by atoms with Crippen molar-refractivity contribution in [3.63, 3.8) is 0 Å². The molecule has 0 saturated carbocycles. The monoisotopic (exact) mass is 545 g/mol. The van der Waals surface area contributed by atoms with Crippen molar-refractivity contribution in [2.24, 2.45) is 0 Å². The summed E-state index contributed by atoms with van der Waals surface area (Å²) in [5, 5.41) is 5.21. The van der Waals surface area contributed by atoms with Gasteiger partial charge in [-0.3, -0.25) is 4.79 Å². The molecular formula is C29H24ClN3O2S2. The van der Waals surface area contributed by atoms with Crippen LogP contribution in [0, 0.1) is 0 Å². The van der Waals surface area contributed by atoms with Crippen LogP contribution in [0.4, 0.5) is 5.00 Å². The number of hydrogen-bond donors (Lipinski definition) is 1. The molecule has 2 aliphatic heterocycles. The predicted octanol–water partition coefficient (Wildman–Crippen LogP) is 7.31. The van der Waals surface area contributed by atoms with Gasteiger partial charge in [-0.25, -0.2) is 4.98 Å². The Balaban J connectivity index is 0.00000252. The Morgan fingerprint density at radius 1 is 0.973 bits per heavy atom. The molecule has 0 unspecified atom stereocenters. The fourth-order valence-electron chi connectivity index (χ4n) is 5.20. The number of carbonyl (C=O) groups is 1. The number of hydrogen-bond acceptors (Lipinski definition) is 6. The number of aromatic nitrogens is 1. The van der Waals surface area contributed by atoms with E-state index in [0.29, 0.717) is 0 Å². The molecule has 2 aliphatic rings. The fraction of sp³-hybridized carbons (Fsp3) is 0.172. The summed E-state index contributed by atoms with van der Waals surface area (Å²) in [6.45, 7) is 1.88. The summed E-state index contributed by atoms with van der Waals surface area (Å²) < 4.78 is 7.28. The van der Waals surface area contributed by atoms with Gasteiger partial charge in [0, 0.05) is 34.7 Å². The Labute approximate surface area is 229 Å². The maximum Gasteiger partial charge on any atom is 0.237 e. The van der Waals surface area contributed by atoms with Gasteiger partial charge >= 0.3 is 0 Å². The number of ether oxygens (including phenoxy) is 1. The second-order valence-corrected chi connectivity index (χ2v) is 11.4. The minimum Gasteiger partial charge on any atom is -0.457 e. The zero-order valence-electron chi connectivity index (χ0n) is 20.1. The number of nitrogens with one attached hydrogen (secondary N) is 1. The van der Waals surface area contributed by atoms with Crippen LogP contribution in [0.15, 0.2) is 72.8 Å². The summed E-state index contributed by atoms with van der Waals surface area (Å²) in [6, 6.07) is 23.9. The largest absolute Gasteiger partial charge is 0.457 e. The lowest BCUT2D eigenvalue weighted by Gasteiger charge is -2.27. The van der Waals surface area contributed by atoms with Gasteiger partial charge in [-0.05, 0) is 43.3 Å². The molecule has 8 heteroatoms. The second kappa shape index (κ2) is 9.58. The molecule has 5 nitrogen and oxygen atoms in total. The van der Waals surface area contributed by atoms with Gasteiger partial charge in [-0.15, -0.1) is 35.1 Å². The minimum atomic E-state index is -0.448. The molecule has 37 heavy (non-hydrogen) atoms. The number of amides is 1. The normalized spacial score (nSPS) is 14.7. The van der Waals surface area contributed by atoms with Crippen LogP contribution in [0.2, 0.25) is 0 Å². The van der Waals surface area contributed by atoms with E-state index in [-0.39, 0.29) is 18.3 Å². The standard InChI is InChI=1S/C29H23N3O2S2.ClH/c1-32-15-14-19-24(16-32)36-29(26(19)28-30-20-10-4-7-13-23(20)35-28)31-27(33)25-17-8-2-5-11-21(17)34-22-12-6-3-9-18(22)25;/h2-13,25H,14-16H2,1H3,(H,31,33);1H. The van der Waals surface area contributed by atoms with Gasteiger partial charge in [0.15, 0.2) is 0 Å². The maximum absolute atomic E-state index is 14.0. The van der Waals surface area contributed by atoms with Crippen molar-refractivity contribution in [3.8, 4) is 22.1 Å². The number of halogens is 1. The van der Waals surface area contributed by atoms with E-state index in [1.807, 2.05) is 60.7 Å². The van der Waals surface area contributed by atoms with Crippen molar-refractivity contribution >= 4 is 56.2 Å². The summed E-state index contributed by atoms with van der Waals surface area (Å²) in [7, 11) is 2.15. The summed E-state index contributed by atoms with van der Waals surface area (Å²) in [6.07, 6.45) is 0.951. The molecule has 3 aromatic carbocycles. The number of para-hydroxylation sites is 3. The summed E-state index contributed by atoms with van der Waals surface area (Å²) >= 11 is 3.38. The van der Waals surface area contributed by atoms with Crippen LogP contribution < -0.4 is 10.1 Å². The van der Waals surface area contributed by atoms with Gasteiger partial charge in [-0.2, -0.15) is 0 Å². The first-order chi connectivity index (χ1) is 17.7. The number of rotatable bonds is 3. The highest BCUT2D eigenvalue weighted by atomic mass is 35.5. The van der Waals surface area contributed by atoms with Gasteiger partial charge in [0.25, 0.3) is 0 Å². The van der Waals surface area contributed by atoms with Crippen molar-refractivity contribution in [1.29, 1.82) is 0 Å². The first-order valence-corrected chi connectivity index (χ1v) is 13.6. The molecule has 0 bridgehead atoms. The average Bonchev–Trinajstić information content (AvgIpc) is 3.47. The van der Waals surface area contributed by atoms with Crippen LogP contribution in [-0.2, 0) is 17.8 Å². The van der Waals surface area contributed by atoms with Gasteiger partial charge in [-0.1, -0.05) is 48.5 Å². The zero-order chi connectivity index (χ0) is 24.2. The van der Waals surface area contributed by atoms with Crippen LogP contribution in [0.3, 0.4) is 0 Å². The van der Waals surface area contributed by atoms with Crippen molar-refractivity contribution in [2.45, 2.75) is 18.9 Å². The molecule has 0 spiro atoms. The van der Waals surface area contributed by atoms with Gasteiger partial charge in [0.2, 0.25) is 5.91 Å². The molecule has 0 radical (unpaired) electrons. The second-order valence-electron chi connectivity index (χ2n) is 9.28. The van der Waals surface area contributed by atoms with Crippen molar-refractivity contribution in [3.05, 3.63) is 94.4 Å². The first-order valence-electron chi connectivity index (χ1n) is 12.0. The van der Waals surface area contributed by atoms with Gasteiger partial charge < -0.3 is 15.0 Å². The molecule has 4 heterocycles. The van der Waals surface area contributed by atoms with Crippen molar-refractivity contribution in [1.82, 2.24) is 9.88 Å². The predicted molar refractivity (Wildman–Crippen MR) is 154 cm³/mol. The van der Waals surface area contributed by atoms with Crippen LogP contribution in [0.25, 0.3) is 20.8 Å². The van der Waals surface area contributed by atoms with Crippen LogP contribution in [-0.4, -0.2) is 29.4 Å². The third-order valence-corrected chi connectivity index (χ3v) is 9.12. The molecule has 0 atom stereocenters. The van der Waals surface area contributed by atoms with Crippen LogP contribution in [0.5, 0.6) is 11.5 Å². The molecule has 7 rings (SSSR count). The van der Waals surface area contributed by atoms with E-state index in [2.05, 4.69) is 29.4 Å². The van der Waals surface area contributed by atoms with E-state index >= 15 is 0 Å². The molecule has 1 N–H and O–H groups in total. The molecule has 0 fully saturated rings. The van der Waals surface area contributed by atoms with Crippen molar-refractivity contribution in [2.75, 3.05) is 18.9 Å². The lowest BCUT2D eigenvalue weighted by atomic mass is 9.87. The van der Waals surface area contributed by atoms with Crippen molar-refractivity contribution < 1.29 is 9.53 Å². The topological polar surface area (TPSA) is 54.5 Å². The molecule has 1 amide bonds. The molecular weight excluding hydrogens is 522 g/mol. The third-order valence-electron chi connectivity index (χ3n) is 6.93. The first kappa shape index (κ1) is 24.1. The number of likely N-dealkylation sites (N-methyl/N-ethyl adjacent to an activating group) is 1. The van der Waals surface area contributed by atoms with E-state index in [0.717, 1.165) is 67.9 Å². The van der Waals surface area contributed by atoms with E-state index in [4.69, 9.17) is 9.72 Å². The number of benzene rings is 3. The van der Waals surface area contributed by atoms with Crippen LogP contribution >= 0.6 is 35.1 Å². The highest BCUT2D eigenvalue weighted by Crippen LogP contribution is 2.48.